The van der Waals surface area contributed by atoms with Gasteiger partial charge in [-0.25, -0.2) is 4.39 Å². The van der Waals surface area contributed by atoms with Crippen molar-refractivity contribution in [2.24, 2.45) is 0 Å². The van der Waals surface area contributed by atoms with E-state index in [1.165, 1.54) is 12.1 Å². The smallest absolute Gasteiger partial charge is 0.254 e. The predicted octanol–water partition coefficient (Wildman–Crippen LogP) is 3.95. The summed E-state index contributed by atoms with van der Waals surface area (Å²) in [5, 5.41) is 1.85. The number of anilines is 1. The van der Waals surface area contributed by atoms with Crippen LogP contribution in [0.4, 0.5) is 10.1 Å². The minimum absolute atomic E-state index is 0.0348. The minimum Gasteiger partial charge on any atom is -0.496 e. The van der Waals surface area contributed by atoms with Crippen LogP contribution >= 0.6 is 0 Å². The summed E-state index contributed by atoms with van der Waals surface area (Å²) in [6.07, 6.45) is 0. The number of carbonyl (C=O) groups excluding carboxylic acids is 1. The Labute approximate surface area is 157 Å². The predicted molar refractivity (Wildman–Crippen MR) is 105 cm³/mol. The van der Waals surface area contributed by atoms with Crippen LogP contribution in [-0.4, -0.2) is 44.1 Å². The van der Waals surface area contributed by atoms with Crippen LogP contribution in [0.2, 0.25) is 0 Å². The molecular weight excluding hydrogens is 343 g/mol. The van der Waals surface area contributed by atoms with Crippen molar-refractivity contribution < 1.29 is 13.9 Å². The third kappa shape index (κ3) is 3.33. The lowest BCUT2D eigenvalue weighted by molar-refractivity contribution is 0.0749. The van der Waals surface area contributed by atoms with Gasteiger partial charge in [-0.15, -0.1) is 0 Å². The van der Waals surface area contributed by atoms with Gasteiger partial charge in [-0.1, -0.05) is 24.3 Å². The van der Waals surface area contributed by atoms with E-state index in [0.717, 1.165) is 35.3 Å². The van der Waals surface area contributed by atoms with Gasteiger partial charge in [-0.05, 0) is 41.8 Å². The van der Waals surface area contributed by atoms with E-state index in [4.69, 9.17) is 4.74 Å². The SMILES string of the molecule is COc1ccc(C(=O)N2CCN(c3ccc(F)cc3)CC2)c2ccccc12. The molecule has 3 aromatic carbocycles. The molecule has 5 heteroatoms. The summed E-state index contributed by atoms with van der Waals surface area (Å²) in [4.78, 5) is 17.2. The molecule has 0 spiro atoms. The molecule has 0 aliphatic carbocycles. The Morgan fingerprint density at radius 1 is 0.889 bits per heavy atom. The van der Waals surface area contributed by atoms with Crippen LogP contribution in [0.5, 0.6) is 5.75 Å². The van der Waals surface area contributed by atoms with Crippen molar-refractivity contribution in [3.8, 4) is 5.75 Å². The van der Waals surface area contributed by atoms with E-state index in [-0.39, 0.29) is 11.7 Å². The standard InChI is InChI=1S/C22H21FN2O2/c1-27-21-11-10-20(18-4-2-3-5-19(18)21)22(26)25-14-12-24(13-15-25)17-8-6-16(23)7-9-17/h2-11H,12-15H2,1H3. The van der Waals surface area contributed by atoms with Gasteiger partial charge in [-0.2, -0.15) is 0 Å². The van der Waals surface area contributed by atoms with Gasteiger partial charge in [0.2, 0.25) is 0 Å². The second kappa shape index (κ2) is 7.27. The molecule has 1 heterocycles. The Balaban J connectivity index is 1.53. The van der Waals surface area contributed by atoms with Crippen LogP contribution in [0.25, 0.3) is 10.8 Å². The molecule has 0 aromatic heterocycles. The van der Waals surface area contributed by atoms with E-state index in [1.54, 1.807) is 19.2 Å². The van der Waals surface area contributed by atoms with E-state index in [0.29, 0.717) is 18.7 Å². The molecule has 0 radical (unpaired) electrons. The molecular formula is C22H21FN2O2. The fourth-order valence-electron chi connectivity index (χ4n) is 3.63. The number of halogens is 1. The maximum absolute atomic E-state index is 13.1. The summed E-state index contributed by atoms with van der Waals surface area (Å²) in [7, 11) is 1.64. The zero-order valence-corrected chi connectivity index (χ0v) is 15.2. The Morgan fingerprint density at radius 2 is 1.56 bits per heavy atom. The van der Waals surface area contributed by atoms with Crippen molar-refractivity contribution in [2.45, 2.75) is 0 Å². The van der Waals surface area contributed by atoms with E-state index >= 15 is 0 Å². The lowest BCUT2D eigenvalue weighted by Crippen LogP contribution is -2.48. The number of methoxy groups -OCH3 is 1. The summed E-state index contributed by atoms with van der Waals surface area (Å²) < 4.78 is 18.5. The monoisotopic (exact) mass is 364 g/mol. The van der Waals surface area contributed by atoms with Crippen LogP contribution in [0.3, 0.4) is 0 Å². The lowest BCUT2D eigenvalue weighted by Gasteiger charge is -2.36. The minimum atomic E-state index is -0.237. The van der Waals surface area contributed by atoms with Gasteiger partial charge in [0.05, 0.1) is 7.11 Å². The lowest BCUT2D eigenvalue weighted by atomic mass is 10.0. The fourth-order valence-corrected chi connectivity index (χ4v) is 3.63. The van der Waals surface area contributed by atoms with E-state index in [9.17, 15) is 9.18 Å². The van der Waals surface area contributed by atoms with E-state index in [1.807, 2.05) is 41.3 Å². The largest absolute Gasteiger partial charge is 0.496 e. The summed E-state index contributed by atoms with van der Waals surface area (Å²) in [5.74, 6) is 0.565. The van der Waals surface area contributed by atoms with Gasteiger partial charge < -0.3 is 14.5 Å². The summed E-state index contributed by atoms with van der Waals surface area (Å²) in [6, 6.07) is 18.0. The molecule has 3 aromatic rings. The number of hydrogen-bond donors (Lipinski definition) is 0. The first-order chi connectivity index (χ1) is 13.2. The molecule has 0 bridgehead atoms. The number of amides is 1. The number of ether oxygens (including phenoxy) is 1. The Morgan fingerprint density at radius 3 is 2.22 bits per heavy atom. The number of fused-ring (bicyclic) bond motifs is 1. The zero-order chi connectivity index (χ0) is 18.8. The number of rotatable bonds is 3. The van der Waals surface area contributed by atoms with Gasteiger partial charge >= 0.3 is 0 Å². The fraction of sp³-hybridized carbons (Fsp3) is 0.227. The number of nitrogens with zero attached hydrogens (tertiary/aromatic N) is 2. The molecule has 1 fully saturated rings. The molecule has 1 aliphatic rings. The highest BCUT2D eigenvalue weighted by atomic mass is 19.1. The third-order valence-corrected chi connectivity index (χ3v) is 5.09. The first-order valence-corrected chi connectivity index (χ1v) is 9.03. The third-order valence-electron chi connectivity index (χ3n) is 5.09. The normalized spacial score (nSPS) is 14.4. The molecule has 0 atom stereocenters. The molecule has 4 rings (SSSR count). The maximum atomic E-state index is 13.1. The van der Waals surface area contributed by atoms with Gasteiger partial charge in [-0.3, -0.25) is 4.79 Å². The second-order valence-corrected chi connectivity index (χ2v) is 6.62. The quantitative estimate of drug-likeness (QED) is 0.705. The summed E-state index contributed by atoms with van der Waals surface area (Å²) in [5.41, 5.74) is 1.68. The van der Waals surface area contributed by atoms with Crippen molar-refractivity contribution in [2.75, 3.05) is 38.2 Å². The van der Waals surface area contributed by atoms with Crippen molar-refractivity contribution in [3.63, 3.8) is 0 Å². The van der Waals surface area contributed by atoms with Gasteiger partial charge in [0, 0.05) is 42.8 Å². The molecule has 1 amide bonds. The summed E-state index contributed by atoms with van der Waals surface area (Å²) >= 11 is 0. The van der Waals surface area contributed by atoms with Gasteiger partial charge in [0.25, 0.3) is 5.91 Å². The van der Waals surface area contributed by atoms with Gasteiger partial charge in [0.15, 0.2) is 0 Å². The molecule has 138 valence electrons. The van der Waals surface area contributed by atoms with Crippen molar-refractivity contribution in [1.29, 1.82) is 0 Å². The van der Waals surface area contributed by atoms with Crippen LogP contribution in [-0.2, 0) is 0 Å². The van der Waals surface area contributed by atoms with E-state index < -0.39 is 0 Å². The molecule has 0 N–H and O–H groups in total. The highest BCUT2D eigenvalue weighted by Gasteiger charge is 2.24. The molecule has 4 nitrogen and oxygen atoms in total. The zero-order valence-electron chi connectivity index (χ0n) is 15.2. The van der Waals surface area contributed by atoms with Crippen LogP contribution in [0.1, 0.15) is 10.4 Å². The number of benzene rings is 3. The maximum Gasteiger partial charge on any atom is 0.254 e. The highest BCUT2D eigenvalue weighted by molar-refractivity contribution is 6.08. The van der Waals surface area contributed by atoms with Crippen LogP contribution in [0.15, 0.2) is 60.7 Å². The Bertz CT molecular complexity index is 964. The van der Waals surface area contributed by atoms with Crippen molar-refractivity contribution in [3.05, 3.63) is 72.0 Å². The molecule has 1 saturated heterocycles. The van der Waals surface area contributed by atoms with Gasteiger partial charge in [0.1, 0.15) is 11.6 Å². The number of hydrogen-bond acceptors (Lipinski definition) is 3. The molecule has 0 saturated carbocycles. The Kier molecular flexibility index (Phi) is 4.67. The van der Waals surface area contributed by atoms with Crippen LogP contribution < -0.4 is 9.64 Å². The first-order valence-electron chi connectivity index (χ1n) is 9.03. The number of piperazine rings is 1. The number of carbonyl (C=O) groups is 1. The van der Waals surface area contributed by atoms with Crippen LogP contribution in [0, 0.1) is 5.82 Å². The average molecular weight is 364 g/mol. The average Bonchev–Trinajstić information content (AvgIpc) is 2.73. The topological polar surface area (TPSA) is 32.8 Å². The first kappa shape index (κ1) is 17.3. The van der Waals surface area contributed by atoms with E-state index in [2.05, 4.69) is 4.90 Å². The summed E-state index contributed by atoms with van der Waals surface area (Å²) in [6.45, 7) is 2.73. The molecule has 27 heavy (non-hydrogen) atoms. The second-order valence-electron chi connectivity index (χ2n) is 6.62. The van der Waals surface area contributed by atoms with Crippen molar-refractivity contribution >= 4 is 22.4 Å². The van der Waals surface area contributed by atoms with Crippen molar-refractivity contribution in [1.82, 2.24) is 4.90 Å². The molecule has 0 unspecified atom stereocenters. The Hall–Kier alpha value is -3.08. The molecule has 1 aliphatic heterocycles. The highest BCUT2D eigenvalue weighted by Crippen LogP contribution is 2.29.